The summed E-state index contributed by atoms with van der Waals surface area (Å²) < 4.78 is 35.4. The molecule has 11 rings (SSSR count). The first-order valence-electron chi connectivity index (χ1n) is 31.7. The first-order chi connectivity index (χ1) is 47.2. The lowest BCUT2D eigenvalue weighted by molar-refractivity contribution is -0.0366. The van der Waals surface area contributed by atoms with Gasteiger partial charge in [0, 0.05) is 37.1 Å². The van der Waals surface area contributed by atoms with Gasteiger partial charge in [-0.15, -0.1) is 15.3 Å². The molecule has 0 radical (unpaired) electrons. The van der Waals surface area contributed by atoms with Crippen LogP contribution in [0.25, 0.3) is 45.0 Å². The van der Waals surface area contributed by atoms with Crippen molar-refractivity contribution in [2.75, 3.05) is 13.6 Å². The van der Waals surface area contributed by atoms with Crippen molar-refractivity contribution in [3.8, 4) is 45.0 Å². The van der Waals surface area contributed by atoms with Gasteiger partial charge in [0.15, 0.2) is 27.5 Å². The number of aryl methyl sites for hydroxylation is 2. The number of imidazole rings is 2. The lowest BCUT2D eigenvalue weighted by Crippen LogP contribution is -2.39. The number of ether oxygens (including phenoxy) is 6. The van der Waals surface area contributed by atoms with E-state index in [4.69, 9.17) is 61.9 Å². The normalized spacial score (nSPS) is 11.2. The van der Waals surface area contributed by atoms with Gasteiger partial charge in [0.1, 0.15) is 17.2 Å². The number of nitrogens with zero attached hydrogens (tertiary/aromatic N) is 11. The van der Waals surface area contributed by atoms with Gasteiger partial charge in [0.25, 0.3) is 0 Å². The summed E-state index contributed by atoms with van der Waals surface area (Å²) in [5.74, 6) is 0.901. The van der Waals surface area contributed by atoms with Crippen molar-refractivity contribution in [2.45, 2.75) is 111 Å². The van der Waals surface area contributed by atoms with Crippen molar-refractivity contribution in [1.82, 2.24) is 59.9 Å². The summed E-state index contributed by atoms with van der Waals surface area (Å²) in [5, 5.41) is 28.1. The Kier molecular flexibility index (Phi) is 23.5. The number of hydrogen-bond donors (Lipinski definition) is 1. The number of unbranched alkanes of at least 4 members (excludes halogenated alkanes) is 2. The Bertz CT molecular complexity index is 4300. The Balaban J connectivity index is 0.000000228. The van der Waals surface area contributed by atoms with Gasteiger partial charge in [0.2, 0.25) is 19.4 Å². The van der Waals surface area contributed by atoms with Gasteiger partial charge in [0.05, 0.1) is 12.2 Å². The van der Waals surface area contributed by atoms with E-state index in [0.29, 0.717) is 49.2 Å². The van der Waals surface area contributed by atoms with E-state index in [1.807, 2.05) is 150 Å². The highest BCUT2D eigenvalue weighted by atomic mass is 35.5. The van der Waals surface area contributed by atoms with Gasteiger partial charge in [-0.05, 0) is 106 Å². The number of carbonyl (C=O) groups excluding carboxylic acids is 4. The fraction of sp³-hybridized carbons (Fsp3) is 0.260. The van der Waals surface area contributed by atoms with E-state index in [1.165, 1.54) is 0 Å². The number of rotatable bonds is 26. The maximum Gasteiger partial charge on any atom is 0.511 e. The molecule has 24 heteroatoms. The lowest BCUT2D eigenvalue weighted by Gasteiger charge is -2.36. The van der Waals surface area contributed by atoms with Crippen LogP contribution in [0.1, 0.15) is 128 Å². The zero-order valence-corrected chi connectivity index (χ0v) is 55.9. The molecule has 0 bridgehead atoms. The van der Waals surface area contributed by atoms with Crippen molar-refractivity contribution >= 4 is 47.5 Å². The molecule has 97 heavy (non-hydrogen) atoms. The largest absolute Gasteiger partial charge is 0.511 e. The molecule has 4 aromatic heterocycles. The SMILES string of the molecule is CCCCc1nc(Cl)c(C(=O)OCOC(=O)OC(C)C)n1Cc1ccc(-c2ccccc2-c2nn[nH]n2)cc1.CCCCc1nc(Cl)c(C(=O)OCOC(=O)OC(C)C)n1Cc1ccc(-c2ccccc2-c2nnnn2C(c2ccccc2)(c2ccccc2)c2ccccc2)cc1. The Morgan fingerprint density at radius 1 is 0.495 bits per heavy atom. The second kappa shape index (κ2) is 33.0. The van der Waals surface area contributed by atoms with E-state index < -0.39 is 43.4 Å². The maximum absolute atomic E-state index is 13.3. The second-order valence-corrected chi connectivity index (χ2v) is 23.6. The Morgan fingerprint density at radius 3 is 1.30 bits per heavy atom. The smallest absolute Gasteiger partial charge is 0.431 e. The van der Waals surface area contributed by atoms with Crippen LogP contribution in [0, 0.1) is 0 Å². The van der Waals surface area contributed by atoms with E-state index in [9.17, 15) is 19.2 Å². The molecule has 0 atom stereocenters. The number of aromatic nitrogens is 12. The molecule has 0 fully saturated rings. The molecule has 0 spiro atoms. The van der Waals surface area contributed by atoms with Gasteiger partial charge < -0.3 is 37.6 Å². The summed E-state index contributed by atoms with van der Waals surface area (Å²) in [4.78, 5) is 58.6. The highest BCUT2D eigenvalue weighted by molar-refractivity contribution is 6.32. The van der Waals surface area contributed by atoms with E-state index in [2.05, 4.69) is 92.1 Å². The second-order valence-electron chi connectivity index (χ2n) is 22.9. The number of esters is 2. The number of tetrazole rings is 2. The topological polar surface area (TPSA) is 257 Å². The summed E-state index contributed by atoms with van der Waals surface area (Å²) in [6, 6.07) is 62.8. The van der Waals surface area contributed by atoms with Crippen LogP contribution in [0.4, 0.5) is 9.59 Å². The van der Waals surface area contributed by atoms with Crippen LogP contribution in [0.5, 0.6) is 0 Å². The third-order valence-corrected chi connectivity index (χ3v) is 16.1. The number of hydrogen-bond acceptors (Lipinski definition) is 18. The first-order valence-corrected chi connectivity index (χ1v) is 32.5. The molecule has 0 saturated carbocycles. The van der Waals surface area contributed by atoms with E-state index in [0.717, 1.165) is 86.9 Å². The Hall–Kier alpha value is -10.8. The zero-order valence-electron chi connectivity index (χ0n) is 54.4. The molecule has 0 amide bonds. The summed E-state index contributed by atoms with van der Waals surface area (Å²) in [6.45, 7) is 10.3. The van der Waals surface area contributed by atoms with Gasteiger partial charge in [-0.1, -0.05) is 238 Å². The average Bonchev–Trinajstić information content (AvgIpc) is 1.69. The molecule has 498 valence electrons. The van der Waals surface area contributed by atoms with Crippen LogP contribution in [-0.4, -0.2) is 110 Å². The molecule has 0 unspecified atom stereocenters. The minimum Gasteiger partial charge on any atom is -0.431 e. The fourth-order valence-electron chi connectivity index (χ4n) is 11.1. The highest BCUT2D eigenvalue weighted by Crippen LogP contribution is 2.44. The molecule has 22 nitrogen and oxygen atoms in total. The summed E-state index contributed by atoms with van der Waals surface area (Å²) in [5.41, 5.74) is 9.61. The number of carbonyl (C=O) groups is 4. The third kappa shape index (κ3) is 16.6. The predicted molar refractivity (Wildman–Crippen MR) is 364 cm³/mol. The molecule has 0 aliphatic rings. The van der Waals surface area contributed by atoms with Crippen molar-refractivity contribution in [3.05, 3.63) is 249 Å². The Labute approximate surface area is 570 Å². The quantitative estimate of drug-likeness (QED) is 0.0229. The Morgan fingerprint density at radius 2 is 0.897 bits per heavy atom. The van der Waals surface area contributed by atoms with Crippen LogP contribution >= 0.6 is 23.2 Å². The number of halogens is 2. The number of benzene rings is 7. The van der Waals surface area contributed by atoms with Crippen LogP contribution in [0.15, 0.2) is 188 Å². The first kappa shape index (κ1) is 69.0. The van der Waals surface area contributed by atoms with E-state index >= 15 is 0 Å². The summed E-state index contributed by atoms with van der Waals surface area (Å²) in [7, 11) is 0. The van der Waals surface area contributed by atoms with Crippen molar-refractivity contribution in [1.29, 1.82) is 0 Å². The fourth-order valence-corrected chi connectivity index (χ4v) is 11.7. The lowest BCUT2D eigenvalue weighted by atomic mass is 9.77. The van der Waals surface area contributed by atoms with Crippen LogP contribution < -0.4 is 0 Å². The molecule has 0 aliphatic carbocycles. The van der Waals surface area contributed by atoms with Crippen molar-refractivity contribution < 1.29 is 47.6 Å². The highest BCUT2D eigenvalue weighted by Gasteiger charge is 2.42. The maximum atomic E-state index is 13.3. The molecule has 0 saturated heterocycles. The van der Waals surface area contributed by atoms with Crippen LogP contribution in [0.3, 0.4) is 0 Å². The van der Waals surface area contributed by atoms with Crippen LogP contribution in [-0.2, 0) is 59.9 Å². The summed E-state index contributed by atoms with van der Waals surface area (Å²) in [6.07, 6.45) is 2.24. The monoisotopic (exact) mass is 1350 g/mol. The molecular weight excluding hydrogens is 1280 g/mol. The standard InChI is InChI=1S/C46H43ClN6O5.C27H29ClN6O5/c1-4-5-25-40-48-42(47)41(44(54)56-31-57-45(55)58-32(2)3)52(40)30-33-26-28-34(29-27-33)38-23-15-16-24-39(38)43-49-50-51-53(43)46(35-17-9-6-10-18-35,36-19-11-7-12-20-36)37-21-13-8-14-22-37;1-4-5-10-22-29-24(28)23(26(35)37-16-38-27(36)39-17(2)3)34(22)15-18-11-13-19(14-12-18)20-8-6-7-9-21(20)25-30-32-33-31-25/h6-24,26-29,32H,4-5,25,30-31H2,1-3H3;6-9,11-14,17H,4-5,10,15-16H2,1-3H3,(H,30,31,32,33). The van der Waals surface area contributed by atoms with Gasteiger partial charge >= 0.3 is 24.2 Å². The van der Waals surface area contributed by atoms with Gasteiger partial charge in [-0.25, -0.2) is 33.8 Å². The molecule has 0 aliphatic heterocycles. The molecule has 11 aromatic rings. The number of H-pyrrole nitrogens is 1. The minimum atomic E-state index is -0.938. The summed E-state index contributed by atoms with van der Waals surface area (Å²) >= 11 is 12.9. The number of aromatic amines is 1. The van der Waals surface area contributed by atoms with Gasteiger partial charge in [-0.3, -0.25) is 0 Å². The predicted octanol–water partition coefficient (Wildman–Crippen LogP) is 15.2. The third-order valence-electron chi connectivity index (χ3n) is 15.6. The molecule has 7 aromatic carbocycles. The number of nitrogens with one attached hydrogen (secondary N) is 1. The molecule has 4 heterocycles. The van der Waals surface area contributed by atoms with Crippen molar-refractivity contribution in [3.63, 3.8) is 0 Å². The molecular formula is C73H72Cl2N12O10. The molecule has 1 N–H and O–H groups in total. The average molecular weight is 1350 g/mol. The van der Waals surface area contributed by atoms with E-state index in [-0.39, 0.29) is 33.9 Å². The minimum absolute atomic E-state index is 0.0155. The van der Waals surface area contributed by atoms with Crippen LogP contribution in [0.2, 0.25) is 10.3 Å². The van der Waals surface area contributed by atoms with Gasteiger partial charge in [-0.2, -0.15) is 5.21 Å². The zero-order chi connectivity index (χ0) is 68.3. The van der Waals surface area contributed by atoms with Crippen molar-refractivity contribution in [2.24, 2.45) is 0 Å². The van der Waals surface area contributed by atoms with E-state index in [1.54, 1.807) is 36.8 Å².